The first-order valence-electron chi connectivity index (χ1n) is 7.70. The average molecular weight is 330 g/mol. The molecule has 1 aliphatic rings. The van der Waals surface area contributed by atoms with E-state index >= 15 is 0 Å². The number of likely N-dealkylation sites (tertiary alicyclic amines) is 1. The molecule has 0 saturated carbocycles. The summed E-state index contributed by atoms with van der Waals surface area (Å²) in [6.07, 6.45) is 0.387. The van der Waals surface area contributed by atoms with E-state index in [0.717, 1.165) is 0 Å². The fourth-order valence-electron chi connectivity index (χ4n) is 2.25. The largest absolute Gasteiger partial charge is 0.480 e. The molecule has 2 amide bonds. The molecule has 0 bridgehead atoms. The Hall–Kier alpha value is -1.83. The van der Waals surface area contributed by atoms with Crippen LogP contribution < -0.4 is 5.32 Å². The second kappa shape index (κ2) is 8.14. The van der Waals surface area contributed by atoms with Crippen molar-refractivity contribution >= 4 is 18.0 Å². The number of carbonyl (C=O) groups excluding carboxylic acids is 2. The van der Waals surface area contributed by atoms with Crippen LogP contribution in [-0.2, 0) is 19.1 Å². The highest BCUT2D eigenvalue weighted by Gasteiger charge is 2.28. The Morgan fingerprint density at radius 2 is 1.83 bits per heavy atom. The standard InChI is InChI=1S/C15H26N2O6/c1-10(16-14(21)23-15(2,3)4)13(20)17-7-5-11(6-8-17)22-9-12(18)19/h10-11H,5-9H2,1-4H3,(H,16,21)(H,18,19)/t10-/m0/s1. The summed E-state index contributed by atoms with van der Waals surface area (Å²) in [5.74, 6) is -1.19. The summed E-state index contributed by atoms with van der Waals surface area (Å²) in [5, 5.41) is 11.1. The second-order valence-corrected chi connectivity index (χ2v) is 6.60. The number of alkyl carbamates (subject to hydrolysis) is 1. The van der Waals surface area contributed by atoms with Crippen LogP contribution in [0.2, 0.25) is 0 Å². The van der Waals surface area contributed by atoms with Crippen LogP contribution in [0, 0.1) is 0 Å². The van der Waals surface area contributed by atoms with Crippen LogP contribution in [-0.4, -0.2) is 65.4 Å². The number of amides is 2. The lowest BCUT2D eigenvalue weighted by molar-refractivity contribution is -0.147. The van der Waals surface area contributed by atoms with Gasteiger partial charge in [-0.3, -0.25) is 4.79 Å². The summed E-state index contributed by atoms with van der Waals surface area (Å²) in [6, 6.07) is -0.679. The van der Waals surface area contributed by atoms with Crippen molar-refractivity contribution in [1.82, 2.24) is 10.2 Å². The highest BCUT2D eigenvalue weighted by atomic mass is 16.6. The van der Waals surface area contributed by atoms with Crippen molar-refractivity contribution in [3.05, 3.63) is 0 Å². The Morgan fingerprint density at radius 3 is 2.30 bits per heavy atom. The van der Waals surface area contributed by atoms with Crippen LogP contribution in [0.3, 0.4) is 0 Å². The second-order valence-electron chi connectivity index (χ2n) is 6.60. The molecule has 0 spiro atoms. The molecular formula is C15H26N2O6. The molecule has 1 saturated heterocycles. The summed E-state index contributed by atoms with van der Waals surface area (Å²) < 4.78 is 10.3. The molecule has 8 nitrogen and oxygen atoms in total. The van der Waals surface area contributed by atoms with E-state index in [-0.39, 0.29) is 18.6 Å². The van der Waals surface area contributed by atoms with Gasteiger partial charge >= 0.3 is 12.1 Å². The van der Waals surface area contributed by atoms with Crippen molar-refractivity contribution in [2.45, 2.75) is 58.3 Å². The van der Waals surface area contributed by atoms with Crippen LogP contribution in [0.5, 0.6) is 0 Å². The Kier molecular flexibility index (Phi) is 6.80. The quantitative estimate of drug-likeness (QED) is 0.779. The normalized spacial score (nSPS) is 17.5. The maximum absolute atomic E-state index is 12.3. The van der Waals surface area contributed by atoms with E-state index in [2.05, 4.69) is 5.32 Å². The summed E-state index contributed by atoms with van der Waals surface area (Å²) in [6.45, 7) is 7.49. The molecule has 0 aliphatic carbocycles. The lowest BCUT2D eigenvalue weighted by Gasteiger charge is -2.33. The third-order valence-corrected chi connectivity index (χ3v) is 3.30. The van der Waals surface area contributed by atoms with Crippen LogP contribution >= 0.6 is 0 Å². The van der Waals surface area contributed by atoms with Gasteiger partial charge in [0.1, 0.15) is 18.2 Å². The fourth-order valence-corrected chi connectivity index (χ4v) is 2.25. The number of rotatable bonds is 5. The number of piperidine rings is 1. The van der Waals surface area contributed by atoms with Crippen LogP contribution in [0.4, 0.5) is 4.79 Å². The van der Waals surface area contributed by atoms with Crippen molar-refractivity contribution in [3.8, 4) is 0 Å². The van der Waals surface area contributed by atoms with Crippen molar-refractivity contribution in [3.63, 3.8) is 0 Å². The van der Waals surface area contributed by atoms with Gasteiger partial charge in [0, 0.05) is 13.1 Å². The fraction of sp³-hybridized carbons (Fsp3) is 0.800. The SMILES string of the molecule is C[C@H](NC(=O)OC(C)(C)C)C(=O)N1CCC(OCC(=O)O)CC1. The molecule has 1 heterocycles. The van der Waals surface area contributed by atoms with Crippen molar-refractivity contribution in [1.29, 1.82) is 0 Å². The molecule has 1 atom stereocenters. The molecule has 0 unspecified atom stereocenters. The van der Waals surface area contributed by atoms with E-state index in [1.807, 2.05) is 0 Å². The Morgan fingerprint density at radius 1 is 1.26 bits per heavy atom. The summed E-state index contributed by atoms with van der Waals surface area (Å²) in [7, 11) is 0. The predicted molar refractivity (Wildman–Crippen MR) is 82.0 cm³/mol. The predicted octanol–water partition coefficient (Wildman–Crippen LogP) is 0.992. The minimum atomic E-state index is -1.00. The molecule has 2 N–H and O–H groups in total. The van der Waals surface area contributed by atoms with Crippen molar-refractivity contribution in [2.75, 3.05) is 19.7 Å². The first kappa shape index (κ1) is 19.2. The highest BCUT2D eigenvalue weighted by molar-refractivity contribution is 5.85. The number of aliphatic carboxylic acids is 1. The van der Waals surface area contributed by atoms with Gasteiger partial charge in [-0.15, -0.1) is 0 Å². The van der Waals surface area contributed by atoms with E-state index in [1.54, 1.807) is 32.6 Å². The zero-order valence-electron chi connectivity index (χ0n) is 14.1. The van der Waals surface area contributed by atoms with E-state index < -0.39 is 23.7 Å². The van der Waals surface area contributed by atoms with Gasteiger partial charge in [0.2, 0.25) is 5.91 Å². The Labute approximate surface area is 136 Å². The number of hydrogen-bond donors (Lipinski definition) is 2. The molecule has 8 heteroatoms. The average Bonchev–Trinajstić information content (AvgIpc) is 2.42. The maximum atomic E-state index is 12.3. The van der Waals surface area contributed by atoms with Crippen LogP contribution in [0.1, 0.15) is 40.5 Å². The molecule has 0 radical (unpaired) electrons. The third-order valence-electron chi connectivity index (χ3n) is 3.30. The van der Waals surface area contributed by atoms with Gasteiger partial charge in [0.15, 0.2) is 0 Å². The molecule has 1 rings (SSSR count). The Bertz CT molecular complexity index is 438. The number of carboxylic acids is 1. The minimum Gasteiger partial charge on any atom is -0.480 e. The maximum Gasteiger partial charge on any atom is 0.408 e. The number of carboxylic acid groups (broad SMARTS) is 1. The molecule has 23 heavy (non-hydrogen) atoms. The van der Waals surface area contributed by atoms with Gasteiger partial charge in [0.25, 0.3) is 0 Å². The van der Waals surface area contributed by atoms with E-state index in [9.17, 15) is 14.4 Å². The Balaban J connectivity index is 2.38. The number of ether oxygens (including phenoxy) is 2. The van der Waals surface area contributed by atoms with Gasteiger partial charge in [-0.2, -0.15) is 0 Å². The van der Waals surface area contributed by atoms with Gasteiger partial charge in [0.05, 0.1) is 6.10 Å². The summed E-state index contributed by atoms with van der Waals surface area (Å²) >= 11 is 0. The highest BCUT2D eigenvalue weighted by Crippen LogP contribution is 2.15. The lowest BCUT2D eigenvalue weighted by atomic mass is 10.1. The van der Waals surface area contributed by atoms with E-state index in [0.29, 0.717) is 25.9 Å². The molecule has 0 aromatic rings. The number of hydrogen-bond acceptors (Lipinski definition) is 5. The summed E-state index contributed by atoms with van der Waals surface area (Å²) in [5.41, 5.74) is -0.618. The first-order chi connectivity index (χ1) is 10.6. The molecule has 0 aromatic heterocycles. The number of nitrogens with zero attached hydrogens (tertiary/aromatic N) is 1. The molecule has 0 aromatic carbocycles. The van der Waals surface area contributed by atoms with E-state index in [4.69, 9.17) is 14.6 Å². The van der Waals surface area contributed by atoms with Gasteiger partial charge in [-0.1, -0.05) is 0 Å². The topological polar surface area (TPSA) is 105 Å². The number of nitrogens with one attached hydrogen (secondary N) is 1. The molecule has 132 valence electrons. The molecular weight excluding hydrogens is 304 g/mol. The molecule has 1 aliphatic heterocycles. The molecule has 1 fully saturated rings. The monoisotopic (exact) mass is 330 g/mol. The smallest absolute Gasteiger partial charge is 0.408 e. The lowest BCUT2D eigenvalue weighted by Crippen LogP contribution is -2.51. The van der Waals surface area contributed by atoms with E-state index in [1.165, 1.54) is 0 Å². The van der Waals surface area contributed by atoms with Crippen LogP contribution in [0.15, 0.2) is 0 Å². The summed E-state index contributed by atoms with van der Waals surface area (Å²) in [4.78, 5) is 36.1. The minimum absolute atomic E-state index is 0.149. The van der Waals surface area contributed by atoms with Crippen LogP contribution in [0.25, 0.3) is 0 Å². The third kappa shape index (κ3) is 7.32. The first-order valence-corrected chi connectivity index (χ1v) is 7.70. The van der Waals surface area contributed by atoms with Gasteiger partial charge in [-0.25, -0.2) is 9.59 Å². The zero-order valence-corrected chi connectivity index (χ0v) is 14.1. The van der Waals surface area contributed by atoms with Gasteiger partial charge in [-0.05, 0) is 40.5 Å². The zero-order chi connectivity index (χ0) is 17.6. The van der Waals surface area contributed by atoms with Crippen molar-refractivity contribution in [2.24, 2.45) is 0 Å². The number of carbonyl (C=O) groups is 3. The van der Waals surface area contributed by atoms with Gasteiger partial charge < -0.3 is 24.8 Å². The van der Waals surface area contributed by atoms with Crippen molar-refractivity contribution < 1.29 is 29.0 Å².